The largest absolute Gasteiger partial charge is 0.446 e. The molecular weight excluding hydrogens is 328 g/mol. The van der Waals surface area contributed by atoms with Gasteiger partial charge in [-0.1, -0.05) is 27.7 Å². The van der Waals surface area contributed by atoms with Crippen LogP contribution in [0.4, 0.5) is 4.79 Å². The van der Waals surface area contributed by atoms with Crippen molar-refractivity contribution >= 4 is 6.09 Å². The fourth-order valence-electron chi connectivity index (χ4n) is 4.81. The zero-order chi connectivity index (χ0) is 19.7. The molecule has 0 saturated carbocycles. The van der Waals surface area contributed by atoms with Gasteiger partial charge in [-0.05, 0) is 58.9 Å². The molecule has 0 bridgehead atoms. The molecule has 1 amide bonds. The summed E-state index contributed by atoms with van der Waals surface area (Å²) in [6.45, 7) is 17.7. The van der Waals surface area contributed by atoms with Crippen molar-refractivity contribution in [2.75, 3.05) is 26.7 Å². The summed E-state index contributed by atoms with van der Waals surface area (Å²) in [5.41, 5.74) is -0.420. The number of ether oxygens (including phenoxy) is 2. The maximum Gasteiger partial charge on any atom is 0.410 e. The number of piperidine rings is 1. The third-order valence-electron chi connectivity index (χ3n) is 6.12. The summed E-state index contributed by atoms with van der Waals surface area (Å²) in [6.07, 6.45) is 2.68. The molecule has 0 aromatic carbocycles. The van der Waals surface area contributed by atoms with Crippen molar-refractivity contribution in [3.8, 4) is 0 Å². The van der Waals surface area contributed by atoms with E-state index in [1.165, 1.54) is 0 Å². The molecule has 2 aliphatic heterocycles. The van der Waals surface area contributed by atoms with Gasteiger partial charge < -0.3 is 14.4 Å². The monoisotopic (exact) mass is 368 g/mol. The van der Waals surface area contributed by atoms with Gasteiger partial charge in [-0.2, -0.15) is 0 Å². The fraction of sp³-hybridized carbons (Fsp3) is 0.952. The molecule has 0 radical (unpaired) electrons. The van der Waals surface area contributed by atoms with Gasteiger partial charge in [0.05, 0.1) is 23.8 Å². The Morgan fingerprint density at radius 1 is 1.04 bits per heavy atom. The first kappa shape index (κ1) is 21.5. The number of hydrogen-bond acceptors (Lipinski definition) is 4. The first-order chi connectivity index (χ1) is 12.0. The lowest BCUT2D eigenvalue weighted by atomic mass is 9.74. The predicted octanol–water partition coefficient (Wildman–Crippen LogP) is 4.16. The topological polar surface area (TPSA) is 42.0 Å². The Hall–Kier alpha value is -0.810. The summed E-state index contributed by atoms with van der Waals surface area (Å²) in [4.78, 5) is 17.5. The van der Waals surface area contributed by atoms with E-state index in [4.69, 9.17) is 9.47 Å². The van der Waals surface area contributed by atoms with E-state index in [-0.39, 0.29) is 29.4 Å². The van der Waals surface area contributed by atoms with Gasteiger partial charge in [0.1, 0.15) is 6.10 Å². The molecule has 0 aliphatic carbocycles. The van der Waals surface area contributed by atoms with E-state index in [1.54, 1.807) is 0 Å². The molecule has 2 rings (SSSR count). The van der Waals surface area contributed by atoms with Gasteiger partial charge in [0, 0.05) is 13.1 Å². The molecule has 0 aromatic rings. The van der Waals surface area contributed by atoms with Crippen LogP contribution < -0.4 is 0 Å². The molecule has 2 saturated heterocycles. The van der Waals surface area contributed by atoms with Crippen LogP contribution in [0.15, 0.2) is 0 Å². The van der Waals surface area contributed by atoms with E-state index in [1.807, 2.05) is 4.90 Å². The number of nitrogens with zero attached hydrogens (tertiary/aromatic N) is 2. The smallest absolute Gasteiger partial charge is 0.410 e. The average molecular weight is 369 g/mol. The van der Waals surface area contributed by atoms with Gasteiger partial charge in [-0.3, -0.25) is 4.90 Å². The average Bonchev–Trinajstić information content (AvgIpc) is 2.88. The SMILES string of the molecule is CC(C)C1(C(C)C)CC(OC(C)(C)C)CN1C(=O)OC1CCN(C)CC1. The van der Waals surface area contributed by atoms with Crippen LogP contribution in [0, 0.1) is 11.8 Å². The number of rotatable bonds is 4. The van der Waals surface area contributed by atoms with Gasteiger partial charge in [-0.15, -0.1) is 0 Å². The summed E-state index contributed by atoms with van der Waals surface area (Å²) in [5.74, 6) is 0.696. The van der Waals surface area contributed by atoms with E-state index >= 15 is 0 Å². The third-order valence-corrected chi connectivity index (χ3v) is 6.12. The highest BCUT2D eigenvalue weighted by atomic mass is 16.6. The quantitative estimate of drug-likeness (QED) is 0.747. The Morgan fingerprint density at radius 2 is 1.58 bits per heavy atom. The lowest BCUT2D eigenvalue weighted by molar-refractivity contribution is -0.0557. The molecule has 0 spiro atoms. The maximum absolute atomic E-state index is 13.2. The van der Waals surface area contributed by atoms with Crippen molar-refractivity contribution in [2.45, 2.75) is 91.1 Å². The highest BCUT2D eigenvalue weighted by Gasteiger charge is 2.53. The molecular formula is C21H40N2O3. The van der Waals surface area contributed by atoms with Crippen LogP contribution in [0.5, 0.6) is 0 Å². The standard InChI is InChI=1S/C21H40N2O3/c1-15(2)21(16(3)4)13-18(26-20(5,6)7)14-23(21)19(24)25-17-9-11-22(8)12-10-17/h15-18H,9-14H2,1-8H3. The number of amides is 1. The second kappa shape index (κ2) is 8.05. The minimum atomic E-state index is -0.210. The number of carbonyl (C=O) groups is 1. The van der Waals surface area contributed by atoms with Crippen LogP contribution in [0.2, 0.25) is 0 Å². The molecule has 0 N–H and O–H groups in total. The first-order valence-corrected chi connectivity index (χ1v) is 10.3. The van der Waals surface area contributed by atoms with Gasteiger partial charge in [0.15, 0.2) is 0 Å². The zero-order valence-electron chi connectivity index (χ0n) is 18.2. The minimum absolute atomic E-state index is 0.0401. The van der Waals surface area contributed by atoms with Crippen LogP contribution in [0.3, 0.4) is 0 Å². The van der Waals surface area contributed by atoms with Crippen LogP contribution in [-0.2, 0) is 9.47 Å². The summed E-state index contributed by atoms with van der Waals surface area (Å²) >= 11 is 0. The Morgan fingerprint density at radius 3 is 2.04 bits per heavy atom. The van der Waals surface area contributed by atoms with Gasteiger partial charge in [0.2, 0.25) is 0 Å². The Bertz CT molecular complexity index is 468. The molecule has 2 heterocycles. The highest BCUT2D eigenvalue weighted by Crippen LogP contribution is 2.44. The number of carbonyl (C=O) groups excluding carboxylic acids is 1. The fourth-order valence-corrected chi connectivity index (χ4v) is 4.81. The molecule has 152 valence electrons. The van der Waals surface area contributed by atoms with Crippen molar-refractivity contribution in [2.24, 2.45) is 11.8 Å². The van der Waals surface area contributed by atoms with Crippen molar-refractivity contribution in [3.63, 3.8) is 0 Å². The van der Waals surface area contributed by atoms with E-state index in [2.05, 4.69) is 60.4 Å². The Labute approximate surface area is 160 Å². The highest BCUT2D eigenvalue weighted by molar-refractivity contribution is 5.70. The van der Waals surface area contributed by atoms with Crippen LogP contribution in [-0.4, -0.2) is 65.9 Å². The maximum atomic E-state index is 13.2. The van der Waals surface area contributed by atoms with E-state index in [0.717, 1.165) is 32.4 Å². The molecule has 5 heteroatoms. The Balaban J connectivity index is 2.16. The van der Waals surface area contributed by atoms with Crippen molar-refractivity contribution < 1.29 is 14.3 Å². The summed E-state index contributed by atoms with van der Waals surface area (Å²) in [7, 11) is 2.12. The normalized spacial score (nSPS) is 25.3. The Kier molecular flexibility index (Phi) is 6.66. The summed E-state index contributed by atoms with van der Waals surface area (Å²) in [6, 6.07) is 0. The lowest BCUT2D eigenvalue weighted by Gasteiger charge is -2.45. The first-order valence-electron chi connectivity index (χ1n) is 10.3. The summed E-state index contributed by atoms with van der Waals surface area (Å²) < 4.78 is 12.2. The molecule has 0 aromatic heterocycles. The molecule has 2 aliphatic rings. The van der Waals surface area contributed by atoms with Crippen molar-refractivity contribution in [1.82, 2.24) is 9.80 Å². The van der Waals surface area contributed by atoms with Crippen LogP contribution in [0.25, 0.3) is 0 Å². The van der Waals surface area contributed by atoms with E-state index in [9.17, 15) is 4.79 Å². The molecule has 1 atom stereocenters. The molecule has 26 heavy (non-hydrogen) atoms. The molecule has 1 unspecified atom stereocenters. The van der Waals surface area contributed by atoms with E-state index < -0.39 is 0 Å². The second-order valence-electron chi connectivity index (χ2n) is 9.85. The lowest BCUT2D eigenvalue weighted by Crippen LogP contribution is -2.55. The minimum Gasteiger partial charge on any atom is -0.446 e. The molecule has 5 nitrogen and oxygen atoms in total. The van der Waals surface area contributed by atoms with Crippen LogP contribution in [0.1, 0.15) is 67.7 Å². The van der Waals surface area contributed by atoms with Gasteiger partial charge in [0.25, 0.3) is 0 Å². The van der Waals surface area contributed by atoms with Crippen LogP contribution >= 0.6 is 0 Å². The third kappa shape index (κ3) is 4.72. The zero-order valence-corrected chi connectivity index (χ0v) is 18.2. The van der Waals surface area contributed by atoms with E-state index in [0.29, 0.717) is 18.4 Å². The number of hydrogen-bond donors (Lipinski definition) is 0. The second-order valence-corrected chi connectivity index (χ2v) is 9.85. The van der Waals surface area contributed by atoms with Gasteiger partial charge >= 0.3 is 6.09 Å². The number of likely N-dealkylation sites (tertiary alicyclic amines) is 2. The summed E-state index contributed by atoms with van der Waals surface area (Å²) in [5, 5.41) is 0. The predicted molar refractivity (Wildman–Crippen MR) is 105 cm³/mol. The van der Waals surface area contributed by atoms with Crippen molar-refractivity contribution in [3.05, 3.63) is 0 Å². The van der Waals surface area contributed by atoms with Crippen molar-refractivity contribution in [1.29, 1.82) is 0 Å². The van der Waals surface area contributed by atoms with Gasteiger partial charge in [-0.25, -0.2) is 4.79 Å². The molecule has 2 fully saturated rings.